The van der Waals surface area contributed by atoms with Gasteiger partial charge >= 0.3 is 0 Å². The number of hydrogen-bond acceptors (Lipinski definition) is 1. The maximum atomic E-state index is 12.3. The predicted molar refractivity (Wildman–Crippen MR) is 75.6 cm³/mol. The minimum absolute atomic E-state index is 0.0231. The molecule has 17 heavy (non-hydrogen) atoms. The zero-order valence-electron chi connectivity index (χ0n) is 10.3. The molecule has 0 aliphatic carbocycles. The van der Waals surface area contributed by atoms with E-state index in [-0.39, 0.29) is 11.9 Å². The Morgan fingerprint density at radius 2 is 2.00 bits per heavy atom. The molecule has 0 fully saturated rings. The summed E-state index contributed by atoms with van der Waals surface area (Å²) in [5.74, 6) is -0.0231. The highest BCUT2D eigenvalue weighted by Gasteiger charge is 2.20. The first kappa shape index (κ1) is 14.5. The molecule has 0 radical (unpaired) electrons. The summed E-state index contributed by atoms with van der Waals surface area (Å²) in [7, 11) is 1.83. The fourth-order valence-electron chi connectivity index (χ4n) is 1.86. The molecule has 0 saturated carbocycles. The third-order valence-electron chi connectivity index (χ3n) is 2.99. The van der Waals surface area contributed by atoms with Crippen LogP contribution in [0.5, 0.6) is 0 Å². The van der Waals surface area contributed by atoms with Crippen LogP contribution in [0.4, 0.5) is 0 Å². The van der Waals surface area contributed by atoms with Gasteiger partial charge in [0.1, 0.15) is 0 Å². The number of amides is 1. The molecule has 2 nitrogen and oxygen atoms in total. The standard InChI is InChI=1S/C13H17BrClNO/c1-4-9(5-2)16(3)13(17)10-7-6-8-11(14)12(10)15/h6-9H,4-5H2,1-3H3. The molecule has 0 bridgehead atoms. The summed E-state index contributed by atoms with van der Waals surface area (Å²) < 4.78 is 0.753. The largest absolute Gasteiger partial charge is 0.339 e. The summed E-state index contributed by atoms with van der Waals surface area (Å²) >= 11 is 9.46. The Kier molecular flexibility index (Phi) is 5.47. The van der Waals surface area contributed by atoms with Crippen molar-refractivity contribution in [2.45, 2.75) is 32.7 Å². The van der Waals surface area contributed by atoms with E-state index in [0.29, 0.717) is 10.6 Å². The smallest absolute Gasteiger partial charge is 0.255 e. The van der Waals surface area contributed by atoms with Crippen molar-refractivity contribution in [2.75, 3.05) is 7.05 Å². The van der Waals surface area contributed by atoms with Crippen LogP contribution in [0.25, 0.3) is 0 Å². The van der Waals surface area contributed by atoms with Gasteiger partial charge in [0.15, 0.2) is 0 Å². The van der Waals surface area contributed by atoms with E-state index in [1.807, 2.05) is 19.2 Å². The Morgan fingerprint density at radius 1 is 1.41 bits per heavy atom. The first-order valence-electron chi connectivity index (χ1n) is 5.74. The molecule has 0 spiro atoms. The number of halogens is 2. The van der Waals surface area contributed by atoms with Crippen molar-refractivity contribution in [2.24, 2.45) is 0 Å². The molecule has 0 aliphatic heterocycles. The van der Waals surface area contributed by atoms with E-state index in [9.17, 15) is 4.79 Å². The Hall–Kier alpha value is -0.540. The summed E-state index contributed by atoms with van der Waals surface area (Å²) in [4.78, 5) is 14.1. The van der Waals surface area contributed by atoms with Crippen LogP contribution in [0.15, 0.2) is 22.7 Å². The van der Waals surface area contributed by atoms with E-state index < -0.39 is 0 Å². The van der Waals surface area contributed by atoms with E-state index in [1.165, 1.54) is 0 Å². The number of carbonyl (C=O) groups is 1. The maximum Gasteiger partial charge on any atom is 0.255 e. The number of rotatable bonds is 4. The average molecular weight is 319 g/mol. The number of nitrogens with zero attached hydrogens (tertiary/aromatic N) is 1. The summed E-state index contributed by atoms with van der Waals surface area (Å²) in [6.45, 7) is 4.17. The Bertz CT molecular complexity index is 404. The zero-order chi connectivity index (χ0) is 13.0. The van der Waals surface area contributed by atoms with Crippen molar-refractivity contribution in [3.63, 3.8) is 0 Å². The van der Waals surface area contributed by atoms with Crippen molar-refractivity contribution < 1.29 is 4.79 Å². The van der Waals surface area contributed by atoms with Crippen LogP contribution in [-0.4, -0.2) is 23.9 Å². The molecule has 4 heteroatoms. The van der Waals surface area contributed by atoms with Crippen molar-refractivity contribution in [3.05, 3.63) is 33.3 Å². The first-order chi connectivity index (χ1) is 8.02. The number of benzene rings is 1. The van der Waals surface area contributed by atoms with Gasteiger partial charge in [-0.15, -0.1) is 0 Å². The number of carbonyl (C=O) groups excluding carboxylic acids is 1. The van der Waals surface area contributed by atoms with E-state index in [1.54, 1.807) is 11.0 Å². The Balaban J connectivity index is 3.00. The van der Waals surface area contributed by atoms with Gasteiger partial charge in [0.05, 0.1) is 10.6 Å². The SMILES string of the molecule is CCC(CC)N(C)C(=O)c1cccc(Br)c1Cl. The molecular formula is C13H17BrClNO. The topological polar surface area (TPSA) is 20.3 Å². The second-order valence-corrected chi connectivity index (χ2v) is 5.22. The van der Waals surface area contributed by atoms with Gasteiger partial charge < -0.3 is 4.90 Å². The normalized spacial score (nSPS) is 10.7. The molecule has 0 atom stereocenters. The summed E-state index contributed by atoms with van der Waals surface area (Å²) in [5.41, 5.74) is 0.551. The molecule has 94 valence electrons. The highest BCUT2D eigenvalue weighted by Crippen LogP contribution is 2.27. The van der Waals surface area contributed by atoms with Crippen LogP contribution in [0.3, 0.4) is 0 Å². The highest BCUT2D eigenvalue weighted by molar-refractivity contribution is 9.10. The lowest BCUT2D eigenvalue weighted by molar-refractivity contribution is 0.0724. The molecule has 0 aromatic heterocycles. The monoisotopic (exact) mass is 317 g/mol. The van der Waals surface area contributed by atoms with Crippen LogP contribution >= 0.6 is 27.5 Å². The summed E-state index contributed by atoms with van der Waals surface area (Å²) in [6.07, 6.45) is 1.90. The van der Waals surface area contributed by atoms with Crippen LogP contribution in [0.1, 0.15) is 37.0 Å². The van der Waals surface area contributed by atoms with Crippen molar-refractivity contribution in [1.82, 2.24) is 4.90 Å². The molecule has 1 aromatic carbocycles. The number of hydrogen-bond donors (Lipinski definition) is 0. The Morgan fingerprint density at radius 3 is 2.53 bits per heavy atom. The van der Waals surface area contributed by atoms with Crippen molar-refractivity contribution in [1.29, 1.82) is 0 Å². The third-order valence-corrected chi connectivity index (χ3v) is 4.29. The van der Waals surface area contributed by atoms with Crippen molar-refractivity contribution >= 4 is 33.4 Å². The minimum Gasteiger partial charge on any atom is -0.339 e. The quantitative estimate of drug-likeness (QED) is 0.807. The molecule has 0 unspecified atom stereocenters. The summed E-state index contributed by atoms with van der Waals surface area (Å²) in [6, 6.07) is 5.67. The molecule has 0 saturated heterocycles. The van der Waals surface area contributed by atoms with Gasteiger partial charge in [-0.25, -0.2) is 0 Å². The average Bonchev–Trinajstić information content (AvgIpc) is 2.33. The second-order valence-electron chi connectivity index (χ2n) is 3.99. The molecule has 1 rings (SSSR count). The van der Waals surface area contributed by atoms with Gasteiger partial charge in [0.2, 0.25) is 0 Å². The van der Waals surface area contributed by atoms with Crippen LogP contribution in [0, 0.1) is 0 Å². The van der Waals surface area contributed by atoms with Gasteiger partial charge in [-0.3, -0.25) is 4.79 Å². The third kappa shape index (κ3) is 3.23. The lowest BCUT2D eigenvalue weighted by atomic mass is 10.1. The molecule has 0 N–H and O–H groups in total. The molecule has 0 aliphatic rings. The minimum atomic E-state index is -0.0231. The lowest BCUT2D eigenvalue weighted by Crippen LogP contribution is -2.36. The molecule has 1 aromatic rings. The zero-order valence-corrected chi connectivity index (χ0v) is 12.7. The van der Waals surface area contributed by atoms with E-state index in [2.05, 4.69) is 29.8 Å². The van der Waals surface area contributed by atoms with E-state index in [0.717, 1.165) is 17.3 Å². The van der Waals surface area contributed by atoms with Gasteiger partial charge in [0, 0.05) is 17.6 Å². The second kappa shape index (κ2) is 6.41. The summed E-state index contributed by atoms with van der Waals surface area (Å²) in [5, 5.41) is 0.482. The highest BCUT2D eigenvalue weighted by atomic mass is 79.9. The Labute approximate surface area is 116 Å². The van der Waals surface area contributed by atoms with Crippen LogP contribution in [0.2, 0.25) is 5.02 Å². The van der Waals surface area contributed by atoms with E-state index >= 15 is 0 Å². The molecule has 1 amide bonds. The predicted octanol–water partition coefficient (Wildman–Crippen LogP) is 4.36. The first-order valence-corrected chi connectivity index (χ1v) is 6.91. The van der Waals surface area contributed by atoms with Gasteiger partial charge in [0.25, 0.3) is 5.91 Å². The van der Waals surface area contributed by atoms with Crippen LogP contribution in [-0.2, 0) is 0 Å². The maximum absolute atomic E-state index is 12.3. The van der Waals surface area contributed by atoms with E-state index in [4.69, 9.17) is 11.6 Å². The fraction of sp³-hybridized carbons (Fsp3) is 0.462. The molecule has 0 heterocycles. The van der Waals surface area contributed by atoms with Gasteiger partial charge in [-0.2, -0.15) is 0 Å². The van der Waals surface area contributed by atoms with Crippen LogP contribution < -0.4 is 0 Å². The fourth-order valence-corrected chi connectivity index (χ4v) is 2.43. The molecular weight excluding hydrogens is 302 g/mol. The van der Waals surface area contributed by atoms with Gasteiger partial charge in [-0.1, -0.05) is 31.5 Å². The lowest BCUT2D eigenvalue weighted by Gasteiger charge is -2.26. The van der Waals surface area contributed by atoms with Gasteiger partial charge in [-0.05, 0) is 40.9 Å². The van der Waals surface area contributed by atoms with Crippen molar-refractivity contribution in [3.8, 4) is 0 Å².